The first-order chi connectivity index (χ1) is 65.4. The molecule has 135 heavy (non-hydrogen) atoms. The number of hydrogen-bond acceptors (Lipinski definition) is 24. The summed E-state index contributed by atoms with van der Waals surface area (Å²) in [5.41, 5.74) is 14.7. The summed E-state index contributed by atoms with van der Waals surface area (Å²) in [7, 11) is 0. The second kappa shape index (κ2) is 46.5. The van der Waals surface area contributed by atoms with E-state index in [1.807, 2.05) is 64.5 Å². The number of nitrogens with one attached hydrogen (secondary N) is 8. The number of hydrogen-bond donors (Lipinski definition) is 9. The number of carbonyl (C=O) groups is 7. The molecule has 4 aromatic carbocycles. The second-order valence-corrected chi connectivity index (χ2v) is 41.3. The highest BCUT2D eigenvalue weighted by molar-refractivity contribution is 6.31. The molecule has 12 fully saturated rings. The maximum atomic E-state index is 13.2. The first-order valence-corrected chi connectivity index (χ1v) is 49.9. The van der Waals surface area contributed by atoms with E-state index in [0.717, 1.165) is 245 Å². The van der Waals surface area contributed by atoms with E-state index in [9.17, 15) is 24.3 Å². The summed E-state index contributed by atoms with van der Waals surface area (Å²) in [6.07, 6.45) is 29.8. The fourth-order valence-electron chi connectivity index (χ4n) is 20.6. The zero-order chi connectivity index (χ0) is 95.7. The number of aliphatic hydroxyl groups is 1. The highest BCUT2D eigenvalue weighted by Gasteiger charge is 2.49. The topological polar surface area (TPSA) is 352 Å². The van der Waals surface area contributed by atoms with Gasteiger partial charge >= 0.3 is 0 Å². The Hall–Kier alpha value is -11.3. The Balaban J connectivity index is 0.000000141. The lowest BCUT2D eigenvalue weighted by Crippen LogP contribution is -2.38. The number of carbonyl (C=O) groups excluding carboxylic acids is 7. The SMILES string of the molecule is C=O.C=O.C=O.Cc1cc(CNc2nc(N3CC4CC4C3)ncc2C(=O)NC2CCC(C)CC2)ccc1CO.Cc1ccc(CNc2nc(N3CC4CC4C3)ncc2C(=O)NC2CCC(C)CC2)cc1C.Cc1ccc(CNc2nc(N3CC4CC4C3)ncc2C(=O)NC2CCC(C)CC2)cc1C.Cc1ccc(CNc2nc(N3CC4CC4C3)ncc2C(=O)NC2CCC(C)CC2)cc1Cl. The van der Waals surface area contributed by atoms with Gasteiger partial charge in [-0.05, 0) is 308 Å². The minimum atomic E-state index is -0.0975. The van der Waals surface area contributed by atoms with Crippen molar-refractivity contribution in [2.75, 3.05) is 93.2 Å². The van der Waals surface area contributed by atoms with E-state index in [2.05, 4.69) is 180 Å². The lowest BCUT2D eigenvalue weighted by atomic mass is 9.87. The number of halogens is 1. The number of benzene rings is 4. The van der Waals surface area contributed by atoms with Gasteiger partial charge in [-0.15, -0.1) is 0 Å². The van der Waals surface area contributed by atoms with Crippen molar-refractivity contribution in [2.45, 2.75) is 255 Å². The number of rotatable bonds is 25. The van der Waals surface area contributed by atoms with Gasteiger partial charge in [-0.3, -0.25) is 19.2 Å². The first kappa shape index (κ1) is 99.7. The summed E-state index contributed by atoms with van der Waals surface area (Å²) < 4.78 is 0. The van der Waals surface area contributed by atoms with Gasteiger partial charge < -0.3 is 81.6 Å². The van der Waals surface area contributed by atoms with E-state index >= 15 is 0 Å². The molecule has 0 radical (unpaired) electrons. The van der Waals surface area contributed by atoms with Gasteiger partial charge in [-0.1, -0.05) is 106 Å². The molecule has 4 saturated heterocycles. The predicted octanol–water partition coefficient (Wildman–Crippen LogP) is 16.9. The lowest BCUT2D eigenvalue weighted by molar-refractivity contribution is -0.0987. The van der Waals surface area contributed by atoms with Crippen LogP contribution in [-0.2, 0) is 47.2 Å². The molecule has 8 unspecified atom stereocenters. The third-order valence-electron chi connectivity index (χ3n) is 30.3. The van der Waals surface area contributed by atoms with Crippen molar-refractivity contribution in [1.82, 2.24) is 61.1 Å². The number of piperidine rings is 4. The minimum absolute atomic E-state index is 0.0386. The first-order valence-electron chi connectivity index (χ1n) is 49.5. The van der Waals surface area contributed by atoms with Gasteiger partial charge in [0, 0.05) is 133 Å². The maximum Gasteiger partial charge on any atom is 0.256 e. The van der Waals surface area contributed by atoms with Gasteiger partial charge in [0.1, 0.15) is 65.9 Å². The van der Waals surface area contributed by atoms with Crippen LogP contribution in [0.5, 0.6) is 0 Å². The molecule has 722 valence electrons. The highest BCUT2D eigenvalue weighted by Crippen LogP contribution is 2.49. The van der Waals surface area contributed by atoms with Crippen LogP contribution in [0.4, 0.5) is 47.1 Å². The Kier molecular flexibility index (Phi) is 34.4. The molecule has 28 nitrogen and oxygen atoms in total. The van der Waals surface area contributed by atoms with Crippen LogP contribution in [-0.4, -0.2) is 165 Å². The van der Waals surface area contributed by atoms with Crippen LogP contribution in [0.15, 0.2) is 97.6 Å². The van der Waals surface area contributed by atoms with Gasteiger partial charge in [-0.2, -0.15) is 19.9 Å². The number of nitrogens with zero attached hydrogens (tertiary/aromatic N) is 12. The summed E-state index contributed by atoms with van der Waals surface area (Å²) in [5, 5.41) is 36.8. The van der Waals surface area contributed by atoms with Crippen molar-refractivity contribution in [2.24, 2.45) is 71.0 Å². The largest absolute Gasteiger partial charge is 0.392 e. The second-order valence-electron chi connectivity index (χ2n) is 40.8. The molecule has 8 heterocycles. The third kappa shape index (κ3) is 26.7. The summed E-state index contributed by atoms with van der Waals surface area (Å²) in [6.45, 7) is 38.2. The Bertz CT molecular complexity index is 4960. The minimum Gasteiger partial charge on any atom is -0.392 e. The van der Waals surface area contributed by atoms with E-state index in [1.165, 1.54) is 84.7 Å². The van der Waals surface area contributed by atoms with Crippen molar-refractivity contribution in [3.8, 4) is 0 Å². The molecular weight excluding hydrogens is 1720 g/mol. The quantitative estimate of drug-likeness (QED) is 0.0257. The molecule has 29 heteroatoms. The van der Waals surface area contributed by atoms with Crippen molar-refractivity contribution >= 4 is 103 Å². The van der Waals surface area contributed by atoms with Gasteiger partial charge in [0.05, 0.1) is 6.61 Å². The highest BCUT2D eigenvalue weighted by atomic mass is 35.5. The smallest absolute Gasteiger partial charge is 0.256 e. The molecule has 20 rings (SSSR count). The summed E-state index contributed by atoms with van der Waals surface area (Å²) in [6, 6.07) is 25.9. The molecule has 4 aromatic heterocycles. The Morgan fingerprint density at radius 2 is 0.556 bits per heavy atom. The van der Waals surface area contributed by atoms with Crippen LogP contribution in [0.2, 0.25) is 5.02 Å². The van der Waals surface area contributed by atoms with Crippen molar-refractivity contribution in [3.05, 3.63) is 186 Å². The monoisotopic (exact) mass is 1860 g/mol. The zero-order valence-electron chi connectivity index (χ0n) is 81.0. The van der Waals surface area contributed by atoms with Crippen molar-refractivity contribution in [1.29, 1.82) is 0 Å². The third-order valence-corrected chi connectivity index (χ3v) is 30.7. The number of aliphatic hydroxyl groups excluding tert-OH is 1. The predicted molar refractivity (Wildman–Crippen MR) is 535 cm³/mol. The fourth-order valence-corrected chi connectivity index (χ4v) is 20.8. The fraction of sp³-hybridized carbons (Fsp3) is 0.557. The van der Waals surface area contributed by atoms with E-state index in [0.29, 0.717) is 83.6 Å². The number of anilines is 8. The zero-order valence-corrected chi connectivity index (χ0v) is 81.7. The Morgan fingerprint density at radius 3 is 0.785 bits per heavy atom. The van der Waals surface area contributed by atoms with E-state index in [1.54, 1.807) is 24.8 Å². The Labute approximate surface area is 802 Å². The van der Waals surface area contributed by atoms with Crippen molar-refractivity contribution < 1.29 is 38.7 Å². The lowest BCUT2D eigenvalue weighted by Gasteiger charge is -2.27. The maximum absolute atomic E-state index is 13.2. The summed E-state index contributed by atoms with van der Waals surface area (Å²) in [4.78, 5) is 123. The normalized spacial score (nSPS) is 25.3. The van der Waals surface area contributed by atoms with Crippen LogP contribution >= 0.6 is 11.6 Å². The van der Waals surface area contributed by atoms with Gasteiger partial charge in [0.25, 0.3) is 23.6 Å². The van der Waals surface area contributed by atoms with Crippen molar-refractivity contribution in [3.63, 3.8) is 0 Å². The molecule has 0 bridgehead atoms. The number of aromatic nitrogens is 8. The molecule has 8 aliphatic carbocycles. The molecule has 0 spiro atoms. The van der Waals surface area contributed by atoms with E-state index in [4.69, 9.17) is 45.9 Å². The van der Waals surface area contributed by atoms with Gasteiger partial charge in [0.2, 0.25) is 23.8 Å². The summed E-state index contributed by atoms with van der Waals surface area (Å²) in [5.74, 6) is 14.4. The van der Waals surface area contributed by atoms with E-state index in [-0.39, 0.29) is 54.4 Å². The molecule has 9 N–H and O–H groups in total. The molecule has 12 aliphatic rings. The van der Waals surface area contributed by atoms with Gasteiger partial charge in [0.15, 0.2) is 0 Å². The van der Waals surface area contributed by atoms with Crippen LogP contribution < -0.4 is 62.1 Å². The summed E-state index contributed by atoms with van der Waals surface area (Å²) >= 11 is 6.30. The van der Waals surface area contributed by atoms with Crippen LogP contribution in [0.3, 0.4) is 0 Å². The molecule has 4 amide bonds. The molecule has 4 aliphatic heterocycles. The standard InChI is InChI=1S/C26H35N5O2.2C26H35N5O.C25H32ClN5O.3CH2O/c1-16-3-7-22(8-4-16)29-25(33)23-12-28-26(31-13-20-10-21(20)14-31)30-24(23)27-11-18-5-6-19(15-32)17(2)9-18;2*1-16-4-8-22(9-5-16)29-25(32)23-13-28-26(31-14-20-11-21(20)15-31)30-24(23)27-12-19-7-6-17(2)18(3)10-19;1-15-3-7-20(8-4-15)29-24(32)21-12-28-25(31-13-18-10-19(18)14-31)30-23(21)27-11-17-6-5-16(2)22(26)9-17;3*1-2/h5-6,9,12,16,20-22,32H,3-4,7-8,10-11,13-15H2,1-2H3,(H,29,33)(H,27,28,30);2*6-7,10,13,16,20-22H,4-5,8-9,11-12,14-15H2,1-3H3,(H,29,32)(H,27,28,30);5-6,9,12,15,18-20H,3-4,7-8,10-11,13-14H2,1-2H3,(H,29,32)(H,27,28,30);3*1H2. The van der Waals surface area contributed by atoms with Crippen LogP contribution in [0.25, 0.3) is 0 Å². The number of fused-ring (bicyclic) bond motifs is 4. The van der Waals surface area contributed by atoms with Gasteiger partial charge in [-0.25, -0.2) is 19.9 Å². The molecular formula is C106H143ClN20O8. The van der Waals surface area contributed by atoms with Crippen LogP contribution in [0, 0.1) is 113 Å². The Morgan fingerprint density at radius 1 is 0.326 bits per heavy atom. The number of aryl methyl sites for hydroxylation is 6. The molecule has 8 saturated carbocycles. The molecule has 8 aromatic rings. The average molecular weight is 1860 g/mol. The van der Waals surface area contributed by atoms with E-state index < -0.39 is 0 Å². The molecule has 8 atom stereocenters. The average Bonchev–Trinajstić information content (AvgIpc) is 1.63. The number of amides is 4. The van der Waals surface area contributed by atoms with Crippen LogP contribution in [0.1, 0.15) is 259 Å².